The van der Waals surface area contributed by atoms with Crippen LogP contribution in [0.3, 0.4) is 0 Å². The van der Waals surface area contributed by atoms with Gasteiger partial charge in [0.2, 0.25) is 5.91 Å². The van der Waals surface area contributed by atoms with E-state index in [2.05, 4.69) is 10.4 Å². The summed E-state index contributed by atoms with van der Waals surface area (Å²) in [6, 6.07) is 7.07. The molecular formula is C14H17N3O2. The van der Waals surface area contributed by atoms with Crippen LogP contribution in [-0.2, 0) is 4.79 Å². The van der Waals surface area contributed by atoms with Gasteiger partial charge in [0.05, 0.1) is 12.8 Å². The molecule has 1 N–H and O–H groups in total. The monoisotopic (exact) mass is 259 g/mol. The number of ether oxygens (including phenoxy) is 1. The van der Waals surface area contributed by atoms with Gasteiger partial charge in [-0.2, -0.15) is 5.10 Å². The van der Waals surface area contributed by atoms with E-state index in [1.807, 2.05) is 25.1 Å². The lowest BCUT2D eigenvalue weighted by atomic mass is 10.2. The highest BCUT2D eigenvalue weighted by Crippen LogP contribution is 2.25. The average Bonchev–Trinajstić information content (AvgIpc) is 2.92. The zero-order valence-corrected chi connectivity index (χ0v) is 11.3. The van der Waals surface area contributed by atoms with E-state index in [0.717, 1.165) is 5.56 Å². The number of amides is 1. The van der Waals surface area contributed by atoms with Crippen LogP contribution in [0.4, 0.5) is 5.69 Å². The fourth-order valence-corrected chi connectivity index (χ4v) is 1.79. The number of carbonyl (C=O) groups excluding carboxylic acids is 1. The SMILES string of the molecule is COc1ccc(C)cc1NC(=O)[C@H](C)n1cccn1. The number of carbonyl (C=O) groups is 1. The third kappa shape index (κ3) is 2.93. The molecule has 1 aromatic carbocycles. The van der Waals surface area contributed by atoms with E-state index < -0.39 is 0 Å². The van der Waals surface area contributed by atoms with E-state index in [1.165, 1.54) is 0 Å². The summed E-state index contributed by atoms with van der Waals surface area (Å²) < 4.78 is 6.84. The fraction of sp³-hybridized carbons (Fsp3) is 0.286. The lowest BCUT2D eigenvalue weighted by molar-refractivity contribution is -0.119. The van der Waals surface area contributed by atoms with Crippen LogP contribution >= 0.6 is 0 Å². The van der Waals surface area contributed by atoms with Crippen molar-refractivity contribution in [1.82, 2.24) is 9.78 Å². The van der Waals surface area contributed by atoms with Crippen molar-refractivity contribution >= 4 is 11.6 Å². The Kier molecular flexibility index (Phi) is 3.85. The quantitative estimate of drug-likeness (QED) is 0.917. The largest absolute Gasteiger partial charge is 0.495 e. The third-order valence-electron chi connectivity index (χ3n) is 2.91. The van der Waals surface area contributed by atoms with E-state index >= 15 is 0 Å². The summed E-state index contributed by atoms with van der Waals surface area (Å²) in [5.41, 5.74) is 1.73. The molecule has 2 rings (SSSR count). The predicted octanol–water partition coefficient (Wildman–Crippen LogP) is 2.40. The van der Waals surface area contributed by atoms with Crippen LogP contribution in [0.1, 0.15) is 18.5 Å². The fourth-order valence-electron chi connectivity index (χ4n) is 1.79. The van der Waals surface area contributed by atoms with Crippen molar-refractivity contribution < 1.29 is 9.53 Å². The molecular weight excluding hydrogens is 242 g/mol. The first-order valence-corrected chi connectivity index (χ1v) is 6.06. The smallest absolute Gasteiger partial charge is 0.249 e. The van der Waals surface area contributed by atoms with Crippen molar-refractivity contribution in [2.45, 2.75) is 19.9 Å². The number of hydrogen-bond donors (Lipinski definition) is 1. The maximum Gasteiger partial charge on any atom is 0.249 e. The van der Waals surface area contributed by atoms with E-state index in [4.69, 9.17) is 4.74 Å². The molecule has 0 aliphatic carbocycles. The lowest BCUT2D eigenvalue weighted by Gasteiger charge is -2.15. The molecule has 2 aromatic rings. The number of aromatic nitrogens is 2. The molecule has 1 heterocycles. The van der Waals surface area contributed by atoms with Gasteiger partial charge in [-0.25, -0.2) is 0 Å². The first-order chi connectivity index (χ1) is 9.11. The van der Waals surface area contributed by atoms with Gasteiger partial charge in [0.15, 0.2) is 0 Å². The van der Waals surface area contributed by atoms with Gasteiger partial charge in [0, 0.05) is 12.4 Å². The molecule has 1 aromatic heterocycles. The van der Waals surface area contributed by atoms with Crippen molar-refractivity contribution in [3.8, 4) is 5.75 Å². The predicted molar refractivity (Wildman–Crippen MR) is 73.3 cm³/mol. The number of nitrogens with zero attached hydrogens (tertiary/aromatic N) is 2. The van der Waals surface area contributed by atoms with Crippen LogP contribution in [0.25, 0.3) is 0 Å². The van der Waals surface area contributed by atoms with Gasteiger partial charge < -0.3 is 10.1 Å². The van der Waals surface area contributed by atoms with E-state index in [0.29, 0.717) is 11.4 Å². The molecule has 1 atom stereocenters. The van der Waals surface area contributed by atoms with Gasteiger partial charge in [0.1, 0.15) is 11.8 Å². The molecule has 0 aliphatic rings. The van der Waals surface area contributed by atoms with Crippen LogP contribution in [-0.4, -0.2) is 22.8 Å². The summed E-state index contributed by atoms with van der Waals surface area (Å²) in [6.45, 7) is 3.76. The summed E-state index contributed by atoms with van der Waals surface area (Å²) in [4.78, 5) is 12.2. The second-order valence-electron chi connectivity index (χ2n) is 4.36. The molecule has 19 heavy (non-hydrogen) atoms. The van der Waals surface area contributed by atoms with Crippen LogP contribution in [0.2, 0.25) is 0 Å². The van der Waals surface area contributed by atoms with Crippen molar-refractivity contribution in [3.63, 3.8) is 0 Å². The molecule has 100 valence electrons. The highest BCUT2D eigenvalue weighted by Gasteiger charge is 2.16. The minimum atomic E-state index is -0.375. The molecule has 5 heteroatoms. The number of aryl methyl sites for hydroxylation is 1. The van der Waals surface area contributed by atoms with Crippen LogP contribution < -0.4 is 10.1 Å². The second-order valence-corrected chi connectivity index (χ2v) is 4.36. The first kappa shape index (κ1) is 13.1. The molecule has 5 nitrogen and oxygen atoms in total. The number of nitrogens with one attached hydrogen (secondary N) is 1. The Morgan fingerprint density at radius 1 is 1.47 bits per heavy atom. The van der Waals surface area contributed by atoms with Crippen molar-refractivity contribution in [2.24, 2.45) is 0 Å². The highest BCUT2D eigenvalue weighted by atomic mass is 16.5. The van der Waals surface area contributed by atoms with Crippen molar-refractivity contribution in [2.75, 3.05) is 12.4 Å². The maximum atomic E-state index is 12.2. The number of benzene rings is 1. The Morgan fingerprint density at radius 3 is 2.89 bits per heavy atom. The van der Waals surface area contributed by atoms with Crippen LogP contribution in [0.5, 0.6) is 5.75 Å². The summed E-state index contributed by atoms with van der Waals surface area (Å²) in [7, 11) is 1.58. The zero-order chi connectivity index (χ0) is 13.8. The number of methoxy groups -OCH3 is 1. The summed E-state index contributed by atoms with van der Waals surface area (Å²) >= 11 is 0. The molecule has 0 bridgehead atoms. The molecule has 1 amide bonds. The van der Waals surface area contributed by atoms with E-state index in [-0.39, 0.29) is 11.9 Å². The van der Waals surface area contributed by atoms with Gasteiger partial charge >= 0.3 is 0 Å². The molecule has 0 unspecified atom stereocenters. The topological polar surface area (TPSA) is 56.1 Å². The molecule has 0 fully saturated rings. The Balaban J connectivity index is 2.17. The standard InChI is InChI=1S/C14H17N3O2/c1-10-5-6-13(19-3)12(9-10)16-14(18)11(2)17-8-4-7-15-17/h4-9,11H,1-3H3,(H,16,18)/t11-/m0/s1. The Morgan fingerprint density at radius 2 is 2.26 bits per heavy atom. The third-order valence-corrected chi connectivity index (χ3v) is 2.91. The molecule has 0 spiro atoms. The second kappa shape index (κ2) is 5.56. The van der Waals surface area contributed by atoms with Gasteiger partial charge in [-0.15, -0.1) is 0 Å². The van der Waals surface area contributed by atoms with Crippen molar-refractivity contribution in [3.05, 3.63) is 42.2 Å². The van der Waals surface area contributed by atoms with Crippen LogP contribution in [0.15, 0.2) is 36.7 Å². The first-order valence-electron chi connectivity index (χ1n) is 6.06. The van der Waals surface area contributed by atoms with Crippen molar-refractivity contribution in [1.29, 1.82) is 0 Å². The minimum absolute atomic E-state index is 0.132. The van der Waals surface area contributed by atoms with E-state index in [1.54, 1.807) is 37.2 Å². The number of rotatable bonds is 4. The molecule has 0 aliphatic heterocycles. The van der Waals surface area contributed by atoms with Gasteiger partial charge in [-0.3, -0.25) is 9.48 Å². The normalized spacial score (nSPS) is 11.9. The lowest BCUT2D eigenvalue weighted by Crippen LogP contribution is -2.24. The summed E-state index contributed by atoms with van der Waals surface area (Å²) in [5.74, 6) is 0.513. The molecule has 0 saturated carbocycles. The Bertz CT molecular complexity index is 564. The summed E-state index contributed by atoms with van der Waals surface area (Å²) in [6.07, 6.45) is 3.41. The minimum Gasteiger partial charge on any atom is -0.495 e. The molecule has 0 saturated heterocycles. The summed E-state index contributed by atoms with van der Waals surface area (Å²) in [5, 5.41) is 6.93. The average molecular weight is 259 g/mol. The highest BCUT2D eigenvalue weighted by molar-refractivity contribution is 5.94. The number of anilines is 1. The zero-order valence-electron chi connectivity index (χ0n) is 11.3. The maximum absolute atomic E-state index is 12.2. The van der Waals surface area contributed by atoms with Crippen LogP contribution in [0, 0.1) is 6.92 Å². The Labute approximate surface area is 112 Å². The van der Waals surface area contributed by atoms with Gasteiger partial charge in [-0.05, 0) is 37.6 Å². The van der Waals surface area contributed by atoms with E-state index in [9.17, 15) is 4.79 Å². The number of hydrogen-bond acceptors (Lipinski definition) is 3. The van der Waals surface area contributed by atoms with Gasteiger partial charge in [0.25, 0.3) is 0 Å². The Hall–Kier alpha value is -2.30. The van der Waals surface area contributed by atoms with Gasteiger partial charge in [-0.1, -0.05) is 6.07 Å². The molecule has 0 radical (unpaired) electrons.